The Kier molecular flexibility index (Phi) is 2.19. The monoisotopic (exact) mass is 198 g/mol. The minimum Gasteiger partial charge on any atom is -0.448 e. The second kappa shape index (κ2) is 3.24. The Hall–Kier alpha value is -1.10. The van der Waals surface area contributed by atoms with Crippen molar-refractivity contribution in [3.05, 3.63) is 0 Å². The number of aliphatic imine (C=N–C) groups is 1. The molecule has 0 bridgehead atoms. The molecule has 2 unspecified atom stereocenters. The molecule has 78 valence electrons. The van der Waals surface area contributed by atoms with Crippen LogP contribution in [0.25, 0.3) is 0 Å². The smallest absolute Gasteiger partial charge is 0.294 e. The number of nitrogens with zero attached hydrogens (tertiary/aromatic N) is 1. The van der Waals surface area contributed by atoms with Crippen LogP contribution in [-0.4, -0.2) is 30.2 Å². The summed E-state index contributed by atoms with van der Waals surface area (Å²) < 4.78 is 10.8. The zero-order valence-corrected chi connectivity index (χ0v) is 8.16. The molecule has 0 aromatic heterocycles. The Labute approximate surface area is 82.3 Å². The molecule has 2 N–H and O–H groups in total. The molecular formula is C9H14N2O3. The van der Waals surface area contributed by atoms with Crippen molar-refractivity contribution in [1.82, 2.24) is 0 Å². The predicted molar refractivity (Wildman–Crippen MR) is 49.7 cm³/mol. The molecular weight excluding hydrogens is 184 g/mol. The van der Waals surface area contributed by atoms with Crippen LogP contribution >= 0.6 is 0 Å². The quantitative estimate of drug-likeness (QED) is 0.652. The number of carbonyl (C=O) groups excluding carboxylic acids is 1. The molecule has 2 aliphatic rings. The van der Waals surface area contributed by atoms with Gasteiger partial charge in [0.25, 0.3) is 11.9 Å². The van der Waals surface area contributed by atoms with Crippen molar-refractivity contribution in [3.63, 3.8) is 0 Å². The molecule has 1 saturated heterocycles. The molecule has 1 amide bonds. The van der Waals surface area contributed by atoms with Crippen molar-refractivity contribution in [2.75, 3.05) is 6.61 Å². The molecule has 2 heterocycles. The summed E-state index contributed by atoms with van der Waals surface area (Å²) in [5, 5.41) is 0. The third-order valence-electron chi connectivity index (χ3n) is 2.77. The summed E-state index contributed by atoms with van der Waals surface area (Å²) in [7, 11) is 0. The van der Waals surface area contributed by atoms with Gasteiger partial charge >= 0.3 is 0 Å². The van der Waals surface area contributed by atoms with E-state index < -0.39 is 5.60 Å². The number of ether oxygens (including phenoxy) is 2. The SMILES string of the molecule is CCC1CC2(CCO1)OC(N)=NC2=O. The highest BCUT2D eigenvalue weighted by Gasteiger charge is 2.49. The van der Waals surface area contributed by atoms with Gasteiger partial charge in [-0.15, -0.1) is 0 Å². The van der Waals surface area contributed by atoms with E-state index >= 15 is 0 Å². The van der Waals surface area contributed by atoms with Crippen LogP contribution in [0.4, 0.5) is 0 Å². The van der Waals surface area contributed by atoms with E-state index in [4.69, 9.17) is 15.2 Å². The number of hydrogen-bond donors (Lipinski definition) is 1. The van der Waals surface area contributed by atoms with Crippen LogP contribution < -0.4 is 5.73 Å². The van der Waals surface area contributed by atoms with E-state index in [0.717, 1.165) is 6.42 Å². The number of amides is 1. The standard InChI is InChI=1S/C9H14N2O3/c1-2-6-5-9(3-4-13-6)7(12)11-8(10)14-9/h6H,2-5H2,1H3,(H2,10,11,12). The zero-order chi connectivity index (χ0) is 10.2. The summed E-state index contributed by atoms with van der Waals surface area (Å²) >= 11 is 0. The number of rotatable bonds is 1. The van der Waals surface area contributed by atoms with Gasteiger partial charge < -0.3 is 15.2 Å². The van der Waals surface area contributed by atoms with Crippen molar-refractivity contribution in [1.29, 1.82) is 0 Å². The highest BCUT2D eigenvalue weighted by molar-refractivity contribution is 6.00. The molecule has 0 aliphatic carbocycles. The normalized spacial score (nSPS) is 37.1. The van der Waals surface area contributed by atoms with Crippen LogP contribution in [0, 0.1) is 0 Å². The van der Waals surface area contributed by atoms with Crippen LogP contribution in [0.2, 0.25) is 0 Å². The van der Waals surface area contributed by atoms with Crippen LogP contribution in [0.15, 0.2) is 4.99 Å². The zero-order valence-electron chi connectivity index (χ0n) is 8.16. The van der Waals surface area contributed by atoms with Gasteiger partial charge in [0.05, 0.1) is 12.7 Å². The predicted octanol–water partition coefficient (Wildman–Crippen LogP) is 0.186. The van der Waals surface area contributed by atoms with Crippen molar-refractivity contribution >= 4 is 11.9 Å². The van der Waals surface area contributed by atoms with Crippen LogP contribution in [-0.2, 0) is 14.3 Å². The van der Waals surface area contributed by atoms with Gasteiger partial charge in [-0.25, -0.2) is 0 Å². The van der Waals surface area contributed by atoms with E-state index in [1.54, 1.807) is 0 Å². The summed E-state index contributed by atoms with van der Waals surface area (Å²) in [5.41, 5.74) is 4.57. The summed E-state index contributed by atoms with van der Waals surface area (Å²) in [6, 6.07) is -0.00764. The van der Waals surface area contributed by atoms with Gasteiger partial charge in [0.15, 0.2) is 5.60 Å². The Morgan fingerprint density at radius 1 is 1.71 bits per heavy atom. The number of carbonyl (C=O) groups is 1. The van der Waals surface area contributed by atoms with Gasteiger partial charge in [0, 0.05) is 12.8 Å². The lowest BCUT2D eigenvalue weighted by Crippen LogP contribution is -2.46. The van der Waals surface area contributed by atoms with Crippen LogP contribution in [0.3, 0.4) is 0 Å². The third-order valence-corrected chi connectivity index (χ3v) is 2.77. The van der Waals surface area contributed by atoms with E-state index in [1.165, 1.54) is 0 Å². The van der Waals surface area contributed by atoms with Crippen LogP contribution in [0.5, 0.6) is 0 Å². The van der Waals surface area contributed by atoms with Gasteiger partial charge in [0.2, 0.25) is 0 Å². The van der Waals surface area contributed by atoms with Crippen molar-refractivity contribution < 1.29 is 14.3 Å². The number of hydrogen-bond acceptors (Lipinski definition) is 4. The molecule has 0 aromatic carbocycles. The van der Waals surface area contributed by atoms with Gasteiger partial charge in [0.1, 0.15) is 0 Å². The second-order valence-corrected chi connectivity index (χ2v) is 3.71. The average Bonchev–Trinajstić information content (AvgIpc) is 2.42. The highest BCUT2D eigenvalue weighted by atomic mass is 16.5. The maximum atomic E-state index is 11.6. The fourth-order valence-electron chi connectivity index (χ4n) is 1.94. The van der Waals surface area contributed by atoms with Crippen LogP contribution in [0.1, 0.15) is 26.2 Å². The molecule has 2 rings (SSSR count). The van der Waals surface area contributed by atoms with Gasteiger partial charge in [-0.2, -0.15) is 4.99 Å². The molecule has 2 aliphatic heterocycles. The molecule has 5 nitrogen and oxygen atoms in total. The first kappa shape index (κ1) is 9.45. The average molecular weight is 198 g/mol. The lowest BCUT2D eigenvalue weighted by molar-refractivity contribution is -0.145. The summed E-state index contributed by atoms with van der Waals surface area (Å²) in [6.07, 6.45) is 2.06. The Balaban J connectivity index is 2.13. The van der Waals surface area contributed by atoms with E-state index in [2.05, 4.69) is 4.99 Å². The van der Waals surface area contributed by atoms with E-state index in [9.17, 15) is 4.79 Å². The minimum atomic E-state index is -0.816. The third kappa shape index (κ3) is 1.37. The molecule has 0 radical (unpaired) electrons. The molecule has 2 atom stereocenters. The van der Waals surface area contributed by atoms with Gasteiger partial charge in [-0.1, -0.05) is 6.92 Å². The molecule has 1 fully saturated rings. The Morgan fingerprint density at radius 3 is 3.07 bits per heavy atom. The minimum absolute atomic E-state index is 0.00764. The maximum Gasteiger partial charge on any atom is 0.294 e. The lowest BCUT2D eigenvalue weighted by atomic mass is 9.89. The van der Waals surface area contributed by atoms with E-state index in [1.807, 2.05) is 6.92 Å². The highest BCUT2D eigenvalue weighted by Crippen LogP contribution is 2.33. The lowest BCUT2D eigenvalue weighted by Gasteiger charge is -2.34. The molecule has 0 aromatic rings. The van der Waals surface area contributed by atoms with Gasteiger partial charge in [-0.05, 0) is 6.42 Å². The first-order valence-electron chi connectivity index (χ1n) is 4.85. The summed E-state index contributed by atoms with van der Waals surface area (Å²) in [5.74, 6) is -0.253. The molecule has 5 heteroatoms. The second-order valence-electron chi connectivity index (χ2n) is 3.71. The first-order valence-corrected chi connectivity index (χ1v) is 4.85. The molecule has 1 spiro atoms. The van der Waals surface area contributed by atoms with Crippen molar-refractivity contribution in [2.24, 2.45) is 10.7 Å². The maximum absolute atomic E-state index is 11.6. The molecule has 14 heavy (non-hydrogen) atoms. The fraction of sp³-hybridized carbons (Fsp3) is 0.778. The number of amidine groups is 1. The Bertz CT molecular complexity index is 290. The van der Waals surface area contributed by atoms with Crippen molar-refractivity contribution in [2.45, 2.75) is 37.9 Å². The van der Waals surface area contributed by atoms with E-state index in [0.29, 0.717) is 19.4 Å². The summed E-state index contributed by atoms with van der Waals surface area (Å²) in [4.78, 5) is 15.2. The molecule has 0 saturated carbocycles. The summed E-state index contributed by atoms with van der Waals surface area (Å²) in [6.45, 7) is 2.56. The topological polar surface area (TPSA) is 73.9 Å². The first-order chi connectivity index (χ1) is 6.66. The number of nitrogens with two attached hydrogens (primary N) is 1. The van der Waals surface area contributed by atoms with Crippen molar-refractivity contribution in [3.8, 4) is 0 Å². The Morgan fingerprint density at radius 2 is 2.50 bits per heavy atom. The fourth-order valence-corrected chi connectivity index (χ4v) is 1.94. The van der Waals surface area contributed by atoms with Gasteiger partial charge in [-0.3, -0.25) is 4.79 Å². The van der Waals surface area contributed by atoms with E-state index in [-0.39, 0.29) is 18.0 Å². The largest absolute Gasteiger partial charge is 0.448 e.